The van der Waals surface area contributed by atoms with Crippen molar-refractivity contribution in [2.24, 2.45) is 0 Å². The van der Waals surface area contributed by atoms with Crippen molar-refractivity contribution < 1.29 is 13.6 Å². The quantitative estimate of drug-likeness (QED) is 0.420. The molecule has 0 bridgehead atoms. The number of amides is 1. The van der Waals surface area contributed by atoms with Crippen molar-refractivity contribution in [1.82, 2.24) is 9.97 Å². The molecule has 0 aliphatic carbocycles. The van der Waals surface area contributed by atoms with Crippen LogP contribution in [0.1, 0.15) is 20.2 Å². The SMILES string of the molecule is Cc1nc(-c2ccsc2)sc1C(=O)Nc1nc(-c2ccc(F)c(F)c2)c(C)s1. The molecule has 4 rings (SSSR count). The summed E-state index contributed by atoms with van der Waals surface area (Å²) in [6, 6.07) is 5.59. The molecule has 0 aliphatic rings. The van der Waals surface area contributed by atoms with Crippen LogP contribution in [0.4, 0.5) is 13.9 Å². The maximum Gasteiger partial charge on any atom is 0.269 e. The number of thiazole rings is 2. The third-order valence-electron chi connectivity index (χ3n) is 3.98. The monoisotopic (exact) mass is 433 g/mol. The van der Waals surface area contributed by atoms with Crippen LogP contribution in [-0.2, 0) is 0 Å². The Balaban J connectivity index is 1.58. The number of aryl methyl sites for hydroxylation is 2. The van der Waals surface area contributed by atoms with Gasteiger partial charge in [-0.15, -0.1) is 22.7 Å². The average Bonchev–Trinajstić information content (AvgIpc) is 3.37. The normalized spacial score (nSPS) is 11.0. The molecule has 9 heteroatoms. The van der Waals surface area contributed by atoms with Gasteiger partial charge in [0, 0.05) is 21.4 Å². The minimum Gasteiger partial charge on any atom is -0.297 e. The van der Waals surface area contributed by atoms with E-state index in [1.54, 1.807) is 18.3 Å². The van der Waals surface area contributed by atoms with Gasteiger partial charge in [0.05, 0.1) is 11.4 Å². The van der Waals surface area contributed by atoms with Crippen molar-refractivity contribution in [1.29, 1.82) is 0 Å². The van der Waals surface area contributed by atoms with E-state index in [2.05, 4.69) is 15.3 Å². The topological polar surface area (TPSA) is 54.9 Å². The molecule has 1 N–H and O–H groups in total. The molecule has 0 aliphatic heterocycles. The maximum absolute atomic E-state index is 13.5. The molecule has 3 heterocycles. The van der Waals surface area contributed by atoms with Crippen LogP contribution < -0.4 is 5.32 Å². The largest absolute Gasteiger partial charge is 0.297 e. The van der Waals surface area contributed by atoms with Gasteiger partial charge in [-0.3, -0.25) is 10.1 Å². The highest BCUT2D eigenvalue weighted by Gasteiger charge is 2.19. The van der Waals surface area contributed by atoms with Gasteiger partial charge < -0.3 is 0 Å². The molecule has 0 saturated carbocycles. The predicted molar refractivity (Wildman–Crippen MR) is 110 cm³/mol. The van der Waals surface area contributed by atoms with Crippen molar-refractivity contribution >= 4 is 45.0 Å². The van der Waals surface area contributed by atoms with Crippen molar-refractivity contribution in [2.45, 2.75) is 13.8 Å². The summed E-state index contributed by atoms with van der Waals surface area (Å²) in [5, 5.41) is 7.92. The molecule has 1 aromatic carbocycles. The summed E-state index contributed by atoms with van der Waals surface area (Å²) >= 11 is 4.18. The lowest BCUT2D eigenvalue weighted by Gasteiger charge is -2.00. The molecule has 0 saturated heterocycles. The van der Waals surface area contributed by atoms with E-state index in [0.29, 0.717) is 27.0 Å². The maximum atomic E-state index is 13.5. The number of aromatic nitrogens is 2. The van der Waals surface area contributed by atoms with Crippen LogP contribution in [0.2, 0.25) is 0 Å². The zero-order chi connectivity index (χ0) is 19.8. The number of carbonyl (C=O) groups is 1. The average molecular weight is 434 g/mol. The third kappa shape index (κ3) is 3.60. The first-order valence-corrected chi connectivity index (χ1v) is 10.7. The fourth-order valence-corrected chi connectivity index (χ4v) is 5.14. The lowest BCUT2D eigenvalue weighted by molar-refractivity contribution is 0.103. The Morgan fingerprint density at radius 2 is 1.86 bits per heavy atom. The molecule has 0 fully saturated rings. The van der Waals surface area contributed by atoms with Gasteiger partial charge in [0.25, 0.3) is 5.91 Å². The fourth-order valence-electron chi connectivity index (χ4n) is 2.63. The van der Waals surface area contributed by atoms with Crippen LogP contribution >= 0.6 is 34.0 Å². The highest BCUT2D eigenvalue weighted by atomic mass is 32.1. The number of nitrogens with one attached hydrogen (secondary N) is 1. The molecule has 0 unspecified atom stereocenters. The highest BCUT2D eigenvalue weighted by Crippen LogP contribution is 2.33. The van der Waals surface area contributed by atoms with Crippen LogP contribution in [0, 0.1) is 25.5 Å². The Hall–Kier alpha value is -2.49. The smallest absolute Gasteiger partial charge is 0.269 e. The summed E-state index contributed by atoms with van der Waals surface area (Å²) in [5.74, 6) is -2.13. The van der Waals surface area contributed by atoms with E-state index in [0.717, 1.165) is 27.6 Å². The first-order valence-electron chi connectivity index (χ1n) is 8.16. The van der Waals surface area contributed by atoms with Crippen LogP contribution in [0.15, 0.2) is 35.0 Å². The van der Waals surface area contributed by atoms with Crippen molar-refractivity contribution in [3.8, 4) is 21.8 Å². The molecule has 0 atom stereocenters. The number of carbonyl (C=O) groups excluding carboxylic acids is 1. The fraction of sp³-hybridized carbons (Fsp3) is 0.105. The lowest BCUT2D eigenvalue weighted by atomic mass is 10.1. The van der Waals surface area contributed by atoms with Crippen LogP contribution in [0.25, 0.3) is 21.8 Å². The number of thiophene rings is 1. The Bertz CT molecular complexity index is 1170. The minimum absolute atomic E-state index is 0.290. The number of benzene rings is 1. The second kappa shape index (κ2) is 7.50. The molecule has 0 radical (unpaired) electrons. The van der Waals surface area contributed by atoms with Gasteiger partial charge in [-0.1, -0.05) is 0 Å². The van der Waals surface area contributed by atoms with Gasteiger partial charge in [0.15, 0.2) is 16.8 Å². The molecule has 0 spiro atoms. The molecule has 4 nitrogen and oxygen atoms in total. The van der Waals surface area contributed by atoms with Crippen molar-refractivity contribution in [2.75, 3.05) is 5.32 Å². The van der Waals surface area contributed by atoms with Gasteiger partial charge in [-0.05, 0) is 43.5 Å². The zero-order valence-corrected chi connectivity index (χ0v) is 17.2. The minimum atomic E-state index is -0.934. The number of hydrogen-bond donors (Lipinski definition) is 1. The van der Waals surface area contributed by atoms with Gasteiger partial charge in [-0.2, -0.15) is 11.3 Å². The number of rotatable bonds is 4. The van der Waals surface area contributed by atoms with E-state index in [1.807, 2.05) is 23.8 Å². The van der Waals surface area contributed by atoms with E-state index in [-0.39, 0.29) is 5.91 Å². The van der Waals surface area contributed by atoms with E-state index < -0.39 is 11.6 Å². The zero-order valence-electron chi connectivity index (χ0n) is 14.7. The standard InChI is InChI=1S/C19H13F2N3OS3/c1-9-16(28-18(22-9)12-5-6-26-8-12)17(25)24-19-23-15(10(2)27-19)11-3-4-13(20)14(21)7-11/h3-8H,1-2H3,(H,23,24,25). The summed E-state index contributed by atoms with van der Waals surface area (Å²) in [6.45, 7) is 3.61. The summed E-state index contributed by atoms with van der Waals surface area (Å²) < 4.78 is 26.7. The van der Waals surface area contributed by atoms with Crippen LogP contribution in [0.3, 0.4) is 0 Å². The number of halogens is 2. The van der Waals surface area contributed by atoms with Gasteiger partial charge >= 0.3 is 0 Å². The van der Waals surface area contributed by atoms with Crippen LogP contribution in [-0.4, -0.2) is 15.9 Å². The Morgan fingerprint density at radius 1 is 1.04 bits per heavy atom. The summed E-state index contributed by atoms with van der Waals surface area (Å²) in [5.41, 5.74) is 2.61. The lowest BCUT2D eigenvalue weighted by Crippen LogP contribution is -2.11. The Morgan fingerprint density at radius 3 is 2.57 bits per heavy atom. The van der Waals surface area contributed by atoms with Gasteiger partial charge in [0.2, 0.25) is 0 Å². The summed E-state index contributed by atoms with van der Waals surface area (Å²) in [6.07, 6.45) is 0. The van der Waals surface area contributed by atoms with Crippen molar-refractivity contribution in [3.63, 3.8) is 0 Å². The van der Waals surface area contributed by atoms with E-state index in [1.165, 1.54) is 28.7 Å². The molecule has 28 heavy (non-hydrogen) atoms. The first-order chi connectivity index (χ1) is 13.4. The second-order valence-electron chi connectivity index (χ2n) is 5.95. The Kier molecular flexibility index (Phi) is 5.05. The van der Waals surface area contributed by atoms with E-state index >= 15 is 0 Å². The van der Waals surface area contributed by atoms with E-state index in [4.69, 9.17) is 0 Å². The Labute approximate surface area is 171 Å². The summed E-state index contributed by atoms with van der Waals surface area (Å²) in [7, 11) is 0. The highest BCUT2D eigenvalue weighted by molar-refractivity contribution is 7.18. The molecule has 3 aromatic heterocycles. The molecular formula is C19H13F2N3OS3. The predicted octanol–water partition coefficient (Wildman–Crippen LogP) is 6.14. The van der Waals surface area contributed by atoms with Gasteiger partial charge in [-0.25, -0.2) is 18.7 Å². The van der Waals surface area contributed by atoms with E-state index in [9.17, 15) is 13.6 Å². The second-order valence-corrected chi connectivity index (χ2v) is 8.93. The third-order valence-corrected chi connectivity index (χ3v) is 6.76. The van der Waals surface area contributed by atoms with Crippen LogP contribution in [0.5, 0.6) is 0 Å². The number of anilines is 1. The molecule has 4 aromatic rings. The van der Waals surface area contributed by atoms with Gasteiger partial charge in [0.1, 0.15) is 9.88 Å². The number of nitrogens with zero attached hydrogens (tertiary/aromatic N) is 2. The molecular weight excluding hydrogens is 420 g/mol. The summed E-state index contributed by atoms with van der Waals surface area (Å²) in [4.78, 5) is 22.9. The number of hydrogen-bond acceptors (Lipinski definition) is 6. The van der Waals surface area contributed by atoms with Crippen molar-refractivity contribution in [3.05, 3.63) is 62.1 Å². The first kappa shape index (κ1) is 18.9. The molecule has 142 valence electrons. The molecule has 1 amide bonds.